The third-order valence-electron chi connectivity index (χ3n) is 9.55. The van der Waals surface area contributed by atoms with Gasteiger partial charge in [-0.1, -0.05) is 69.5 Å². The molecule has 0 saturated carbocycles. The number of ether oxygens (including phenoxy) is 3. The molecule has 11 nitrogen and oxygen atoms in total. The van der Waals surface area contributed by atoms with Gasteiger partial charge in [-0.25, -0.2) is 10.0 Å². The Morgan fingerprint density at radius 2 is 1.10 bits per heavy atom. The summed E-state index contributed by atoms with van der Waals surface area (Å²) in [4.78, 5) is 50.6. The maximum absolute atomic E-state index is 12.9. The molecule has 0 atom stereocenters. The normalized spacial score (nSPS) is 16.2. The molecule has 0 aromatic heterocycles. The average Bonchev–Trinajstić information content (AvgIpc) is 3.48. The fraction of sp³-hybridized carbons (Fsp3) is 0.610. The zero-order chi connectivity index (χ0) is 38.2. The Morgan fingerprint density at radius 1 is 0.692 bits per heavy atom. The Kier molecular flexibility index (Phi) is 17.7. The van der Waals surface area contributed by atoms with E-state index in [0.29, 0.717) is 26.3 Å². The monoisotopic (exact) mass is 722 g/mol. The molecule has 2 aromatic carbocycles. The summed E-state index contributed by atoms with van der Waals surface area (Å²) < 4.78 is 15.6. The number of hydrazine groups is 2. The molecule has 0 radical (unpaired) electrons. The first-order valence-electron chi connectivity index (χ1n) is 19.3. The number of hydrogen-bond donors (Lipinski definition) is 2. The van der Waals surface area contributed by atoms with Gasteiger partial charge in [-0.3, -0.25) is 30.0 Å². The summed E-state index contributed by atoms with van der Waals surface area (Å²) in [6, 6.07) is 8.27. The molecule has 3 saturated heterocycles. The molecule has 288 valence electrons. The molecule has 0 bridgehead atoms. The van der Waals surface area contributed by atoms with Crippen molar-refractivity contribution in [3.8, 4) is 0 Å². The van der Waals surface area contributed by atoms with Crippen molar-refractivity contribution in [2.45, 2.75) is 112 Å². The van der Waals surface area contributed by atoms with E-state index in [1.807, 2.05) is 32.9 Å². The van der Waals surface area contributed by atoms with Crippen LogP contribution >= 0.6 is 0 Å². The third-order valence-corrected chi connectivity index (χ3v) is 9.55. The number of hydrogen-bond acceptors (Lipinski definition) is 9. The lowest BCUT2D eigenvalue weighted by Crippen LogP contribution is -2.41. The number of fused-ring (bicyclic) bond motifs is 1. The highest BCUT2D eigenvalue weighted by atomic mass is 16.6. The minimum Gasteiger partial charge on any atom is -0.465 e. The second-order valence-corrected chi connectivity index (χ2v) is 13.2. The standard InChI is InChI=1S/C18H24N2O3.C18H26O4.C5H12N2/c1-4-13-10-12(3)11-14(5-2)15(13)16-17(21)19-6-8-23-9-7-20(19)18(16)22;1-6-13-10-12(5)11-14(7-2)15(13)16(17(19)21-8-3)18(20)22-9-4;1-2-4-6-7-5-3-1/h10-11,16H,4-9H2,1-3H3;10-11,16H,6-9H2,1-5H3;6-7H,1-5H2. The molecule has 3 aliphatic rings. The molecular weight excluding hydrogens is 660 g/mol. The fourth-order valence-corrected chi connectivity index (χ4v) is 7.14. The maximum Gasteiger partial charge on any atom is 0.324 e. The summed E-state index contributed by atoms with van der Waals surface area (Å²) in [6.07, 6.45) is 7.17. The summed E-state index contributed by atoms with van der Waals surface area (Å²) in [7, 11) is 0. The van der Waals surface area contributed by atoms with Gasteiger partial charge < -0.3 is 14.2 Å². The van der Waals surface area contributed by atoms with Gasteiger partial charge in [0.2, 0.25) is 0 Å². The van der Waals surface area contributed by atoms with Crippen molar-refractivity contribution in [3.05, 3.63) is 68.8 Å². The van der Waals surface area contributed by atoms with Crippen LogP contribution < -0.4 is 10.9 Å². The summed E-state index contributed by atoms with van der Waals surface area (Å²) in [6.45, 7) is 20.4. The van der Waals surface area contributed by atoms with E-state index in [0.717, 1.165) is 77.7 Å². The average molecular weight is 723 g/mol. The molecule has 11 heteroatoms. The predicted molar refractivity (Wildman–Crippen MR) is 203 cm³/mol. The zero-order valence-electron chi connectivity index (χ0n) is 32.8. The van der Waals surface area contributed by atoms with Gasteiger partial charge in [0.1, 0.15) is 5.92 Å². The van der Waals surface area contributed by atoms with Crippen LogP contribution in [0.4, 0.5) is 0 Å². The second kappa shape index (κ2) is 21.7. The fourth-order valence-electron chi connectivity index (χ4n) is 7.14. The number of esters is 2. The minimum absolute atomic E-state index is 0.103. The number of aryl methyl sites for hydroxylation is 6. The third kappa shape index (κ3) is 10.9. The van der Waals surface area contributed by atoms with Gasteiger partial charge in [-0.2, -0.15) is 0 Å². The highest BCUT2D eigenvalue weighted by Gasteiger charge is 2.48. The summed E-state index contributed by atoms with van der Waals surface area (Å²) in [5, 5.41) is 3.16. The first-order valence-corrected chi connectivity index (χ1v) is 19.3. The van der Waals surface area contributed by atoms with Crippen LogP contribution in [0.5, 0.6) is 0 Å². The largest absolute Gasteiger partial charge is 0.465 e. The number of nitrogens with one attached hydrogen (secondary N) is 2. The van der Waals surface area contributed by atoms with E-state index in [-0.39, 0.29) is 25.0 Å². The molecule has 52 heavy (non-hydrogen) atoms. The van der Waals surface area contributed by atoms with Crippen LogP contribution in [0.15, 0.2) is 24.3 Å². The topological polar surface area (TPSA) is 127 Å². The van der Waals surface area contributed by atoms with Gasteiger partial charge in [0.05, 0.1) is 39.5 Å². The Bertz CT molecular complexity index is 1400. The van der Waals surface area contributed by atoms with E-state index in [9.17, 15) is 19.2 Å². The van der Waals surface area contributed by atoms with Gasteiger partial charge in [0.25, 0.3) is 11.8 Å². The second-order valence-electron chi connectivity index (χ2n) is 13.2. The van der Waals surface area contributed by atoms with Crippen molar-refractivity contribution in [1.29, 1.82) is 0 Å². The van der Waals surface area contributed by atoms with E-state index in [4.69, 9.17) is 14.2 Å². The highest BCUT2D eigenvalue weighted by molar-refractivity contribution is 6.10. The van der Waals surface area contributed by atoms with E-state index in [1.165, 1.54) is 24.8 Å². The quantitative estimate of drug-likeness (QED) is 0.245. The lowest BCUT2D eigenvalue weighted by Gasteiger charge is -2.23. The van der Waals surface area contributed by atoms with Crippen LogP contribution in [0.25, 0.3) is 0 Å². The Morgan fingerprint density at radius 3 is 1.48 bits per heavy atom. The number of amides is 2. The molecule has 3 aliphatic heterocycles. The predicted octanol–water partition coefficient (Wildman–Crippen LogP) is 5.41. The molecule has 2 amide bonds. The Balaban J connectivity index is 0.000000236. The van der Waals surface area contributed by atoms with Crippen molar-refractivity contribution >= 4 is 23.8 Å². The number of benzene rings is 2. The zero-order valence-corrected chi connectivity index (χ0v) is 32.8. The van der Waals surface area contributed by atoms with Crippen molar-refractivity contribution < 1.29 is 33.4 Å². The molecule has 3 fully saturated rings. The SMILES string of the molecule is C1CCNNCC1.CCOC(=O)C(C(=O)OCC)c1c(CC)cc(C)cc1CC.CCc1cc(C)cc(CC)c1C1C(=O)N2CCOCCN2C1=O. The molecule has 0 aliphatic carbocycles. The van der Waals surface area contributed by atoms with Crippen LogP contribution in [0.3, 0.4) is 0 Å². The van der Waals surface area contributed by atoms with Crippen LogP contribution in [-0.4, -0.2) is 86.4 Å². The minimum atomic E-state index is -0.995. The smallest absolute Gasteiger partial charge is 0.324 e. The maximum atomic E-state index is 12.9. The number of carbonyl (C=O) groups excluding carboxylic acids is 4. The lowest BCUT2D eigenvalue weighted by molar-refractivity contribution is -0.157. The molecular formula is C41H62N4O7. The molecule has 2 aromatic rings. The van der Waals surface area contributed by atoms with Gasteiger partial charge in [-0.05, 0) is 99.6 Å². The molecule has 3 heterocycles. The summed E-state index contributed by atoms with van der Waals surface area (Å²) in [5.74, 6) is -2.95. The van der Waals surface area contributed by atoms with E-state index in [2.05, 4.69) is 43.8 Å². The van der Waals surface area contributed by atoms with Gasteiger partial charge in [-0.15, -0.1) is 0 Å². The number of carbonyl (C=O) groups is 4. The molecule has 2 N–H and O–H groups in total. The van der Waals surface area contributed by atoms with Crippen LogP contribution in [0.2, 0.25) is 0 Å². The van der Waals surface area contributed by atoms with E-state index >= 15 is 0 Å². The highest BCUT2D eigenvalue weighted by Crippen LogP contribution is 2.35. The first kappa shape index (κ1) is 42.6. The van der Waals surface area contributed by atoms with Crippen molar-refractivity contribution in [2.75, 3.05) is 52.6 Å². The van der Waals surface area contributed by atoms with Gasteiger partial charge in [0, 0.05) is 13.1 Å². The van der Waals surface area contributed by atoms with Gasteiger partial charge >= 0.3 is 11.9 Å². The summed E-state index contributed by atoms with van der Waals surface area (Å²) in [5.41, 5.74) is 14.4. The lowest BCUT2D eigenvalue weighted by atomic mass is 9.85. The molecule has 0 unspecified atom stereocenters. The van der Waals surface area contributed by atoms with Crippen LogP contribution in [0.1, 0.15) is 117 Å². The van der Waals surface area contributed by atoms with Crippen LogP contribution in [-0.2, 0) is 59.1 Å². The Hall–Kier alpha value is -3.80. The number of rotatable bonds is 10. The number of nitrogens with zero attached hydrogens (tertiary/aromatic N) is 2. The van der Waals surface area contributed by atoms with Crippen molar-refractivity contribution in [2.24, 2.45) is 0 Å². The molecule has 5 rings (SSSR count). The summed E-state index contributed by atoms with van der Waals surface area (Å²) >= 11 is 0. The van der Waals surface area contributed by atoms with Crippen molar-refractivity contribution in [3.63, 3.8) is 0 Å². The Labute approximate surface area is 311 Å². The first-order chi connectivity index (χ1) is 25.1. The van der Waals surface area contributed by atoms with Crippen molar-refractivity contribution in [1.82, 2.24) is 20.9 Å². The van der Waals surface area contributed by atoms with E-state index in [1.54, 1.807) is 23.9 Å². The van der Waals surface area contributed by atoms with Crippen LogP contribution in [0, 0.1) is 13.8 Å². The van der Waals surface area contributed by atoms with Gasteiger partial charge in [0.15, 0.2) is 5.92 Å². The van der Waals surface area contributed by atoms with E-state index < -0.39 is 23.8 Å². The molecule has 0 spiro atoms.